The number of para-hydroxylation sites is 1. The number of phenolic OH excluding ortho intramolecular Hbond substituents is 1. The summed E-state index contributed by atoms with van der Waals surface area (Å²) in [5.41, 5.74) is -0.0397. The molecule has 1 aromatic carbocycles. The average Bonchev–Trinajstić information content (AvgIpc) is 2.72. The van der Waals surface area contributed by atoms with Gasteiger partial charge in [0.25, 0.3) is 5.91 Å². The molecule has 1 fully saturated rings. The van der Waals surface area contributed by atoms with Gasteiger partial charge >= 0.3 is 5.97 Å². The number of benzene rings is 1. The number of hydrogen-bond acceptors (Lipinski definition) is 7. The van der Waals surface area contributed by atoms with Gasteiger partial charge in [0.15, 0.2) is 18.1 Å². The molecular formula is C19H21N3O5. The first kappa shape index (κ1) is 18.5. The third kappa shape index (κ3) is 4.28. The summed E-state index contributed by atoms with van der Waals surface area (Å²) in [4.78, 5) is 32.5. The number of aromatic hydroxyl groups is 1. The van der Waals surface area contributed by atoms with Crippen molar-refractivity contribution in [2.45, 2.75) is 0 Å². The van der Waals surface area contributed by atoms with Crippen LogP contribution in [0.1, 0.15) is 10.4 Å². The lowest BCUT2D eigenvalue weighted by Crippen LogP contribution is -2.50. The number of nitrogens with zero attached hydrogens (tertiary/aromatic N) is 3. The standard InChI is InChI=1S/C19H21N3O5/c1-26-15-6-4-5-14(18(15)24)19(25)27-13-17(23)22-11-9-21(10-12-22)16-7-2-3-8-20-16/h2-8,24H,9-13H2,1H3. The van der Waals surface area contributed by atoms with Crippen molar-refractivity contribution in [3.8, 4) is 11.5 Å². The van der Waals surface area contributed by atoms with E-state index in [1.165, 1.54) is 19.2 Å². The molecule has 0 saturated carbocycles. The van der Waals surface area contributed by atoms with Crippen LogP contribution in [0.15, 0.2) is 42.6 Å². The second-order valence-electron chi connectivity index (χ2n) is 5.99. The van der Waals surface area contributed by atoms with Crippen LogP contribution >= 0.6 is 0 Å². The highest BCUT2D eigenvalue weighted by atomic mass is 16.5. The van der Waals surface area contributed by atoms with E-state index >= 15 is 0 Å². The maximum atomic E-state index is 12.3. The van der Waals surface area contributed by atoms with Gasteiger partial charge in [-0.05, 0) is 24.3 Å². The Morgan fingerprint density at radius 3 is 2.56 bits per heavy atom. The highest BCUT2D eigenvalue weighted by Crippen LogP contribution is 2.29. The van der Waals surface area contributed by atoms with Gasteiger partial charge in [0.05, 0.1) is 7.11 Å². The van der Waals surface area contributed by atoms with Gasteiger partial charge in [-0.3, -0.25) is 4.79 Å². The number of ether oxygens (including phenoxy) is 2. The Bertz CT molecular complexity index is 804. The molecule has 0 unspecified atom stereocenters. The van der Waals surface area contributed by atoms with Gasteiger partial charge in [-0.25, -0.2) is 9.78 Å². The number of pyridine rings is 1. The van der Waals surface area contributed by atoms with E-state index in [4.69, 9.17) is 9.47 Å². The maximum absolute atomic E-state index is 12.3. The molecule has 2 aromatic rings. The van der Waals surface area contributed by atoms with E-state index in [0.717, 1.165) is 5.82 Å². The molecule has 1 aromatic heterocycles. The lowest BCUT2D eigenvalue weighted by Gasteiger charge is -2.35. The lowest BCUT2D eigenvalue weighted by molar-refractivity contribution is -0.134. The molecule has 8 nitrogen and oxygen atoms in total. The van der Waals surface area contributed by atoms with E-state index < -0.39 is 5.97 Å². The van der Waals surface area contributed by atoms with Gasteiger partial charge in [-0.1, -0.05) is 12.1 Å². The number of piperazine rings is 1. The Hall–Kier alpha value is -3.29. The second-order valence-corrected chi connectivity index (χ2v) is 5.99. The monoisotopic (exact) mass is 371 g/mol. The number of esters is 1. The smallest absolute Gasteiger partial charge is 0.342 e. The third-order valence-electron chi connectivity index (χ3n) is 4.37. The van der Waals surface area contributed by atoms with Crippen LogP contribution in [0.2, 0.25) is 0 Å². The first-order valence-corrected chi connectivity index (χ1v) is 8.57. The summed E-state index contributed by atoms with van der Waals surface area (Å²) >= 11 is 0. The normalized spacial score (nSPS) is 14.0. The fraction of sp³-hybridized carbons (Fsp3) is 0.316. The molecule has 1 aliphatic rings. The molecule has 2 heterocycles. The molecule has 0 atom stereocenters. The van der Waals surface area contributed by atoms with Crippen LogP contribution in [0.3, 0.4) is 0 Å². The zero-order chi connectivity index (χ0) is 19.2. The van der Waals surface area contributed by atoms with Crippen molar-refractivity contribution in [1.82, 2.24) is 9.88 Å². The Labute approximate surface area is 156 Å². The molecule has 0 radical (unpaired) electrons. The van der Waals surface area contributed by atoms with Gasteiger partial charge in [0, 0.05) is 32.4 Å². The maximum Gasteiger partial charge on any atom is 0.342 e. The van der Waals surface area contributed by atoms with Crippen molar-refractivity contribution < 1.29 is 24.2 Å². The van der Waals surface area contributed by atoms with Gasteiger partial charge in [0.2, 0.25) is 0 Å². The number of aromatic nitrogens is 1. The number of amides is 1. The molecule has 1 saturated heterocycles. The van der Waals surface area contributed by atoms with Crippen LogP contribution in [0.5, 0.6) is 11.5 Å². The number of hydrogen-bond donors (Lipinski definition) is 1. The minimum atomic E-state index is -0.771. The van der Waals surface area contributed by atoms with Crippen molar-refractivity contribution in [3.05, 3.63) is 48.2 Å². The van der Waals surface area contributed by atoms with E-state index in [0.29, 0.717) is 26.2 Å². The van der Waals surface area contributed by atoms with Crippen molar-refractivity contribution >= 4 is 17.7 Å². The third-order valence-corrected chi connectivity index (χ3v) is 4.37. The molecule has 0 spiro atoms. The Morgan fingerprint density at radius 2 is 1.89 bits per heavy atom. The number of carbonyl (C=O) groups is 2. The molecule has 1 N–H and O–H groups in total. The van der Waals surface area contributed by atoms with E-state index in [1.54, 1.807) is 17.2 Å². The topological polar surface area (TPSA) is 92.2 Å². The first-order valence-electron chi connectivity index (χ1n) is 8.57. The summed E-state index contributed by atoms with van der Waals surface area (Å²) in [6.45, 7) is 1.99. The molecule has 1 amide bonds. The second kappa shape index (κ2) is 8.39. The largest absolute Gasteiger partial charge is 0.504 e. The molecule has 3 rings (SSSR count). The van der Waals surface area contributed by atoms with Crippen LogP contribution in [0.4, 0.5) is 5.82 Å². The Kier molecular flexibility index (Phi) is 5.75. The van der Waals surface area contributed by atoms with Gasteiger partial charge in [0.1, 0.15) is 11.4 Å². The lowest BCUT2D eigenvalue weighted by atomic mass is 10.2. The molecule has 1 aliphatic heterocycles. The van der Waals surface area contributed by atoms with Crippen LogP contribution in [0, 0.1) is 0 Å². The van der Waals surface area contributed by atoms with Crippen LogP contribution in [-0.2, 0) is 9.53 Å². The van der Waals surface area contributed by atoms with Gasteiger partial charge in [-0.15, -0.1) is 0 Å². The summed E-state index contributed by atoms with van der Waals surface area (Å²) in [6, 6.07) is 10.2. The minimum absolute atomic E-state index is 0.0397. The number of phenols is 1. The van der Waals surface area contributed by atoms with Crippen molar-refractivity contribution in [3.63, 3.8) is 0 Å². The number of carbonyl (C=O) groups excluding carboxylic acids is 2. The van der Waals surface area contributed by atoms with Crippen molar-refractivity contribution in [2.24, 2.45) is 0 Å². The Balaban J connectivity index is 1.51. The van der Waals surface area contributed by atoms with Crippen LogP contribution in [-0.4, -0.2) is 66.8 Å². The van der Waals surface area contributed by atoms with E-state index in [-0.39, 0.29) is 29.6 Å². The summed E-state index contributed by atoms with van der Waals surface area (Å²) in [7, 11) is 1.39. The molecule has 8 heteroatoms. The Morgan fingerprint density at radius 1 is 1.11 bits per heavy atom. The molecule has 27 heavy (non-hydrogen) atoms. The SMILES string of the molecule is COc1cccc(C(=O)OCC(=O)N2CCN(c3ccccn3)CC2)c1O. The molecular weight excluding hydrogens is 350 g/mol. The first-order chi connectivity index (χ1) is 13.1. The minimum Gasteiger partial charge on any atom is -0.504 e. The fourth-order valence-electron chi connectivity index (χ4n) is 2.87. The van der Waals surface area contributed by atoms with Crippen molar-refractivity contribution in [1.29, 1.82) is 0 Å². The summed E-state index contributed by atoms with van der Waals surface area (Å²) in [5.74, 6) is -0.300. The van der Waals surface area contributed by atoms with E-state index in [2.05, 4.69) is 9.88 Å². The van der Waals surface area contributed by atoms with Crippen LogP contribution < -0.4 is 9.64 Å². The summed E-state index contributed by atoms with van der Waals surface area (Å²) < 4.78 is 10.0. The zero-order valence-electron chi connectivity index (χ0n) is 15.0. The number of anilines is 1. The van der Waals surface area contributed by atoms with Crippen molar-refractivity contribution in [2.75, 3.05) is 44.8 Å². The predicted octanol–water partition coefficient (Wildman–Crippen LogP) is 1.30. The molecule has 142 valence electrons. The van der Waals surface area contributed by atoms with Gasteiger partial charge in [-0.2, -0.15) is 0 Å². The number of rotatable bonds is 5. The molecule has 0 aliphatic carbocycles. The molecule has 0 bridgehead atoms. The van der Waals surface area contributed by atoms with Crippen LogP contribution in [0.25, 0.3) is 0 Å². The average molecular weight is 371 g/mol. The quantitative estimate of drug-likeness (QED) is 0.792. The number of methoxy groups -OCH3 is 1. The van der Waals surface area contributed by atoms with E-state index in [1.807, 2.05) is 18.2 Å². The van der Waals surface area contributed by atoms with Gasteiger partial charge < -0.3 is 24.4 Å². The van der Waals surface area contributed by atoms with E-state index in [9.17, 15) is 14.7 Å². The highest BCUT2D eigenvalue weighted by Gasteiger charge is 2.23. The zero-order valence-corrected chi connectivity index (χ0v) is 15.0. The summed E-state index contributed by atoms with van der Waals surface area (Å²) in [5, 5.41) is 9.98. The predicted molar refractivity (Wildman–Crippen MR) is 98.0 cm³/mol. The highest BCUT2D eigenvalue weighted by molar-refractivity contribution is 5.94. The summed E-state index contributed by atoms with van der Waals surface area (Å²) in [6.07, 6.45) is 1.74. The fourth-order valence-corrected chi connectivity index (χ4v) is 2.87.